The van der Waals surface area contributed by atoms with Crippen LogP contribution in [-0.4, -0.2) is 51.4 Å². The van der Waals surface area contributed by atoms with Crippen molar-refractivity contribution < 1.29 is 13.2 Å². The van der Waals surface area contributed by atoms with Gasteiger partial charge < -0.3 is 16.0 Å². The van der Waals surface area contributed by atoms with E-state index in [1.54, 1.807) is 30.1 Å². The van der Waals surface area contributed by atoms with Gasteiger partial charge in [0.2, 0.25) is 5.91 Å². The summed E-state index contributed by atoms with van der Waals surface area (Å²) in [5.74, 6) is -0.109. The molecule has 0 atom stereocenters. The lowest BCUT2D eigenvalue weighted by Crippen LogP contribution is -2.28. The molecule has 1 aromatic carbocycles. The predicted molar refractivity (Wildman–Crippen MR) is 86.3 cm³/mol. The fraction of sp³-hybridized carbons (Fsp3) is 0.462. The maximum Gasteiger partial charge on any atom is 0.225 e. The summed E-state index contributed by atoms with van der Waals surface area (Å²) in [4.78, 5) is 13.6. The van der Waals surface area contributed by atoms with Crippen LogP contribution in [0.15, 0.2) is 18.2 Å². The molecule has 0 bridgehead atoms. The zero-order chi connectivity index (χ0) is 16.0. The van der Waals surface area contributed by atoms with Crippen molar-refractivity contribution in [2.75, 3.05) is 43.2 Å². The Kier molecular flexibility index (Phi) is 6.44. The molecule has 0 aliphatic carbocycles. The Hall–Kier alpha value is -1.31. The number of nitrogens with one attached hydrogen (secondary N) is 1. The molecule has 0 radical (unpaired) electrons. The van der Waals surface area contributed by atoms with E-state index < -0.39 is 9.84 Å². The number of anilines is 2. The molecule has 0 heterocycles. The van der Waals surface area contributed by atoms with Gasteiger partial charge in [-0.05, 0) is 25.2 Å². The average molecular weight is 334 g/mol. The van der Waals surface area contributed by atoms with Crippen LogP contribution in [0.3, 0.4) is 0 Å². The van der Waals surface area contributed by atoms with Crippen LogP contribution in [0.25, 0.3) is 0 Å². The van der Waals surface area contributed by atoms with Crippen LogP contribution in [0, 0.1) is 0 Å². The largest absolute Gasteiger partial charge is 0.399 e. The monoisotopic (exact) mass is 333 g/mol. The Labute approximate surface area is 130 Å². The van der Waals surface area contributed by atoms with Gasteiger partial charge in [0.15, 0.2) is 0 Å². The van der Waals surface area contributed by atoms with E-state index in [-0.39, 0.29) is 18.1 Å². The number of sulfone groups is 1. The normalized spacial score (nSPS) is 11.6. The van der Waals surface area contributed by atoms with Gasteiger partial charge in [0, 0.05) is 31.5 Å². The Morgan fingerprint density at radius 1 is 1.38 bits per heavy atom. The van der Waals surface area contributed by atoms with Gasteiger partial charge in [0.25, 0.3) is 0 Å². The van der Waals surface area contributed by atoms with E-state index >= 15 is 0 Å². The van der Waals surface area contributed by atoms with E-state index in [1.165, 1.54) is 6.26 Å². The molecule has 21 heavy (non-hydrogen) atoms. The Balaban J connectivity index is 2.40. The molecule has 3 N–H and O–H groups in total. The van der Waals surface area contributed by atoms with E-state index in [9.17, 15) is 13.2 Å². The molecule has 0 fully saturated rings. The summed E-state index contributed by atoms with van der Waals surface area (Å²) in [6, 6.07) is 4.86. The smallest absolute Gasteiger partial charge is 0.225 e. The van der Waals surface area contributed by atoms with Crippen molar-refractivity contribution in [2.45, 2.75) is 6.42 Å². The number of nitrogen functional groups attached to an aromatic ring is 1. The number of hydrogen-bond donors (Lipinski definition) is 2. The van der Waals surface area contributed by atoms with E-state index in [2.05, 4.69) is 5.32 Å². The lowest BCUT2D eigenvalue weighted by molar-refractivity contribution is -0.116. The lowest BCUT2D eigenvalue weighted by atomic mass is 10.2. The van der Waals surface area contributed by atoms with Gasteiger partial charge in [-0.2, -0.15) is 0 Å². The van der Waals surface area contributed by atoms with Gasteiger partial charge in [-0.3, -0.25) is 4.79 Å². The van der Waals surface area contributed by atoms with Crippen LogP contribution in [0.1, 0.15) is 6.42 Å². The summed E-state index contributed by atoms with van der Waals surface area (Å²) in [6.45, 7) is 0.864. The number of carbonyl (C=O) groups excluding carboxylic acids is 1. The fourth-order valence-electron chi connectivity index (χ4n) is 1.57. The van der Waals surface area contributed by atoms with Crippen LogP contribution in [0.5, 0.6) is 0 Å². The zero-order valence-corrected chi connectivity index (χ0v) is 13.7. The van der Waals surface area contributed by atoms with Crippen molar-refractivity contribution in [3.8, 4) is 0 Å². The summed E-state index contributed by atoms with van der Waals surface area (Å²) in [5, 5.41) is 3.08. The number of hydrogen-bond acceptors (Lipinski definition) is 5. The molecule has 0 spiro atoms. The van der Waals surface area contributed by atoms with Gasteiger partial charge in [-0.15, -0.1) is 0 Å². The molecule has 6 nitrogen and oxygen atoms in total. The minimum absolute atomic E-state index is 0.0783. The first-order valence-corrected chi connectivity index (χ1v) is 8.82. The topological polar surface area (TPSA) is 92.5 Å². The predicted octanol–water partition coefficient (Wildman–Crippen LogP) is 1.23. The molecule has 0 aliphatic rings. The first-order valence-electron chi connectivity index (χ1n) is 6.38. The SMILES string of the molecule is CN(CCC(=O)Nc1ccc(N)cc1Cl)CCS(C)(=O)=O. The molecule has 0 unspecified atom stereocenters. The summed E-state index contributed by atoms with van der Waals surface area (Å²) >= 11 is 5.96. The third-order valence-corrected chi connectivity index (χ3v) is 4.07. The van der Waals surface area contributed by atoms with E-state index in [0.717, 1.165) is 0 Å². The second-order valence-corrected chi connectivity index (χ2v) is 7.64. The molecule has 118 valence electrons. The Morgan fingerprint density at radius 3 is 2.62 bits per heavy atom. The summed E-state index contributed by atoms with van der Waals surface area (Å²) < 4.78 is 22.1. The van der Waals surface area contributed by atoms with Gasteiger partial charge in [-0.25, -0.2) is 8.42 Å². The molecule has 1 aromatic rings. The number of benzene rings is 1. The molecule has 0 saturated carbocycles. The van der Waals surface area contributed by atoms with Gasteiger partial charge in [-0.1, -0.05) is 11.6 Å². The number of rotatable bonds is 7. The van der Waals surface area contributed by atoms with Gasteiger partial charge in [0.05, 0.1) is 16.5 Å². The van der Waals surface area contributed by atoms with Crippen LogP contribution < -0.4 is 11.1 Å². The Bertz CT molecular complexity index is 605. The highest BCUT2D eigenvalue weighted by Gasteiger charge is 2.09. The first kappa shape index (κ1) is 17.7. The van der Waals surface area contributed by atoms with Gasteiger partial charge >= 0.3 is 0 Å². The van der Waals surface area contributed by atoms with E-state index in [1.807, 2.05) is 0 Å². The van der Waals surface area contributed by atoms with Crippen LogP contribution in [0.2, 0.25) is 5.02 Å². The average Bonchev–Trinajstić information content (AvgIpc) is 2.36. The van der Waals surface area contributed by atoms with Crippen molar-refractivity contribution in [2.24, 2.45) is 0 Å². The Morgan fingerprint density at radius 2 is 2.05 bits per heavy atom. The summed E-state index contributed by atoms with van der Waals surface area (Å²) in [7, 11) is -1.22. The molecular formula is C13H20ClN3O3S. The molecule has 0 aromatic heterocycles. The van der Waals surface area contributed by atoms with Crippen molar-refractivity contribution >= 4 is 38.7 Å². The second-order valence-electron chi connectivity index (χ2n) is 4.97. The van der Waals surface area contributed by atoms with Crippen molar-refractivity contribution in [3.63, 3.8) is 0 Å². The maximum atomic E-state index is 11.8. The quantitative estimate of drug-likeness (QED) is 0.732. The highest BCUT2D eigenvalue weighted by atomic mass is 35.5. The number of halogens is 1. The minimum atomic E-state index is -2.99. The van der Waals surface area contributed by atoms with Crippen LogP contribution in [-0.2, 0) is 14.6 Å². The molecule has 1 rings (SSSR count). The number of nitrogens with two attached hydrogens (primary N) is 1. The summed E-state index contributed by atoms with van der Waals surface area (Å²) in [5.41, 5.74) is 6.61. The van der Waals surface area contributed by atoms with Crippen molar-refractivity contribution in [1.82, 2.24) is 4.90 Å². The standard InChI is InChI=1S/C13H20ClN3O3S/c1-17(7-8-21(2,19)20)6-5-13(18)16-12-4-3-10(15)9-11(12)14/h3-4,9H,5-8,15H2,1-2H3,(H,16,18). The number of carbonyl (C=O) groups is 1. The van der Waals surface area contributed by atoms with E-state index in [4.69, 9.17) is 17.3 Å². The fourth-order valence-corrected chi connectivity index (χ4v) is 2.45. The lowest BCUT2D eigenvalue weighted by Gasteiger charge is -2.15. The highest BCUT2D eigenvalue weighted by Crippen LogP contribution is 2.24. The molecular weight excluding hydrogens is 314 g/mol. The molecule has 1 amide bonds. The second kappa shape index (κ2) is 7.63. The van der Waals surface area contributed by atoms with Crippen LogP contribution >= 0.6 is 11.6 Å². The van der Waals surface area contributed by atoms with Crippen molar-refractivity contribution in [3.05, 3.63) is 23.2 Å². The maximum absolute atomic E-state index is 11.8. The third kappa shape index (κ3) is 7.31. The number of nitrogens with zero attached hydrogens (tertiary/aromatic N) is 1. The van der Waals surface area contributed by atoms with Gasteiger partial charge in [0.1, 0.15) is 9.84 Å². The zero-order valence-electron chi connectivity index (χ0n) is 12.1. The minimum Gasteiger partial charge on any atom is -0.399 e. The third-order valence-electron chi connectivity index (χ3n) is 2.83. The molecule has 8 heteroatoms. The highest BCUT2D eigenvalue weighted by molar-refractivity contribution is 7.90. The molecule has 0 aliphatic heterocycles. The van der Waals surface area contributed by atoms with Crippen molar-refractivity contribution in [1.29, 1.82) is 0 Å². The number of amides is 1. The van der Waals surface area contributed by atoms with E-state index in [0.29, 0.717) is 29.5 Å². The molecule has 0 saturated heterocycles. The summed E-state index contributed by atoms with van der Waals surface area (Å²) in [6.07, 6.45) is 1.44. The first-order chi connectivity index (χ1) is 9.67. The van der Waals surface area contributed by atoms with Crippen LogP contribution in [0.4, 0.5) is 11.4 Å².